The Hall–Kier alpha value is -3.98. The molecule has 8 heteroatoms. The van der Waals surface area contributed by atoms with Crippen LogP contribution in [0, 0.1) is 11.6 Å². The lowest BCUT2D eigenvalue weighted by Gasteiger charge is -2.28. The fourth-order valence-electron chi connectivity index (χ4n) is 4.92. The van der Waals surface area contributed by atoms with Gasteiger partial charge in [0, 0.05) is 21.2 Å². The molecule has 0 bridgehead atoms. The Kier molecular flexibility index (Phi) is 7.76. The van der Waals surface area contributed by atoms with Crippen molar-refractivity contribution in [1.29, 1.82) is 0 Å². The summed E-state index contributed by atoms with van der Waals surface area (Å²) in [7, 11) is -5.77. The van der Waals surface area contributed by atoms with Gasteiger partial charge in [-0.3, -0.25) is 0 Å². The highest BCUT2D eigenvalue weighted by atomic mass is 31.2. The van der Waals surface area contributed by atoms with Gasteiger partial charge in [-0.2, -0.15) is 0 Å². The van der Waals surface area contributed by atoms with Gasteiger partial charge in [0.25, 0.3) is 0 Å². The minimum Gasteiger partial charge on any atom is -0.493 e. The third kappa shape index (κ3) is 4.38. The molecule has 0 heterocycles. The lowest BCUT2D eigenvalue weighted by atomic mass is 10.3. The monoisotopic (exact) mass is 574 g/mol. The molecule has 0 unspecified atom stereocenters. The van der Waals surface area contributed by atoms with Crippen molar-refractivity contribution < 1.29 is 27.4 Å². The van der Waals surface area contributed by atoms with Gasteiger partial charge in [0.05, 0.1) is 14.2 Å². The first-order valence-electron chi connectivity index (χ1n) is 12.5. The van der Waals surface area contributed by atoms with Crippen molar-refractivity contribution in [2.75, 3.05) is 14.2 Å². The van der Waals surface area contributed by atoms with Crippen LogP contribution in [0.25, 0.3) is 0 Å². The Morgan fingerprint density at radius 2 is 0.675 bits per heavy atom. The zero-order valence-electron chi connectivity index (χ0n) is 21.8. The number of methoxy groups -OCH3 is 2. The SMILES string of the molecule is COc1c(F)c(P(=O)(c2ccccc2)c2ccccc2)c(OC)c(F)c1P(=O)(c1ccccc1)c1ccccc1. The molecule has 0 amide bonds. The average Bonchev–Trinajstić information content (AvgIpc) is 3.02. The lowest BCUT2D eigenvalue weighted by molar-refractivity contribution is 0.368. The molecule has 0 aromatic heterocycles. The van der Waals surface area contributed by atoms with Crippen LogP contribution in [-0.4, -0.2) is 14.2 Å². The van der Waals surface area contributed by atoms with E-state index in [2.05, 4.69) is 0 Å². The maximum Gasteiger partial charge on any atom is 0.181 e. The first-order valence-corrected chi connectivity index (χ1v) is 15.9. The number of rotatable bonds is 8. The quantitative estimate of drug-likeness (QED) is 0.238. The van der Waals surface area contributed by atoms with Crippen molar-refractivity contribution in [3.05, 3.63) is 133 Å². The van der Waals surface area contributed by atoms with Gasteiger partial charge in [0.1, 0.15) is 10.6 Å². The zero-order valence-corrected chi connectivity index (χ0v) is 23.6. The van der Waals surface area contributed by atoms with Crippen molar-refractivity contribution in [2.45, 2.75) is 0 Å². The normalized spacial score (nSPS) is 11.7. The standard InChI is InChI=1S/C32H26F2O4P2/c1-37-29-27(33)32(40(36,25-19-11-5-12-20-25)26-21-13-6-14-22-26)30(38-2)28(34)31(29)39(35,23-15-7-3-8-16-23)24-17-9-4-10-18-24/h3-22H,1-2H3. The zero-order chi connectivity index (χ0) is 28.3. The molecule has 40 heavy (non-hydrogen) atoms. The molecule has 0 aliphatic carbocycles. The number of halogens is 2. The fourth-order valence-corrected chi connectivity index (χ4v) is 10.6. The van der Waals surface area contributed by atoms with Crippen LogP contribution in [0.4, 0.5) is 8.78 Å². The van der Waals surface area contributed by atoms with Gasteiger partial charge in [-0.15, -0.1) is 0 Å². The van der Waals surface area contributed by atoms with Gasteiger partial charge in [0.15, 0.2) is 37.4 Å². The highest BCUT2D eigenvalue weighted by molar-refractivity contribution is 7.86. The van der Waals surface area contributed by atoms with E-state index in [1.54, 1.807) is 121 Å². The molecule has 0 spiro atoms. The number of hydrogen-bond donors (Lipinski definition) is 0. The number of ether oxygens (including phenoxy) is 2. The van der Waals surface area contributed by atoms with Crippen LogP contribution in [0.15, 0.2) is 121 Å². The predicted molar refractivity (Wildman–Crippen MR) is 158 cm³/mol. The lowest BCUT2D eigenvalue weighted by Crippen LogP contribution is -2.35. The van der Waals surface area contributed by atoms with E-state index in [1.807, 2.05) is 0 Å². The highest BCUT2D eigenvalue weighted by Crippen LogP contribution is 2.52. The Balaban J connectivity index is 1.94. The largest absolute Gasteiger partial charge is 0.493 e. The topological polar surface area (TPSA) is 52.6 Å². The molecule has 0 N–H and O–H groups in total. The maximum atomic E-state index is 16.9. The molecular weight excluding hydrogens is 548 g/mol. The van der Waals surface area contributed by atoms with E-state index in [4.69, 9.17) is 9.47 Å². The highest BCUT2D eigenvalue weighted by Gasteiger charge is 2.45. The summed E-state index contributed by atoms with van der Waals surface area (Å²) in [5.41, 5.74) is 0. The molecule has 0 aliphatic heterocycles. The maximum absolute atomic E-state index is 16.9. The van der Waals surface area contributed by atoms with E-state index in [0.29, 0.717) is 0 Å². The van der Waals surface area contributed by atoms with Crippen molar-refractivity contribution in [1.82, 2.24) is 0 Å². The molecule has 5 rings (SSSR count). The van der Waals surface area contributed by atoms with Crippen LogP contribution >= 0.6 is 14.3 Å². The molecule has 0 fully saturated rings. The van der Waals surface area contributed by atoms with Crippen LogP contribution in [0.5, 0.6) is 11.5 Å². The minimum absolute atomic E-state index is 0.280. The minimum atomic E-state index is -4.06. The summed E-state index contributed by atoms with van der Waals surface area (Å²) in [6.45, 7) is 0. The molecule has 0 saturated heterocycles. The molecule has 4 nitrogen and oxygen atoms in total. The van der Waals surface area contributed by atoms with E-state index in [0.717, 1.165) is 0 Å². The van der Waals surface area contributed by atoms with Gasteiger partial charge < -0.3 is 18.6 Å². The summed E-state index contributed by atoms with van der Waals surface area (Å²) in [6, 6.07) is 33.2. The number of benzene rings is 5. The van der Waals surface area contributed by atoms with Crippen LogP contribution in [0.2, 0.25) is 0 Å². The molecule has 5 aromatic carbocycles. The fraction of sp³-hybridized carbons (Fsp3) is 0.0625. The van der Waals surface area contributed by atoms with Gasteiger partial charge in [0.2, 0.25) is 0 Å². The summed E-state index contributed by atoms with van der Waals surface area (Å²) < 4.78 is 75.1. The summed E-state index contributed by atoms with van der Waals surface area (Å²) in [5, 5.41) is 0.143. The summed E-state index contributed by atoms with van der Waals surface area (Å²) in [5.74, 6) is -3.37. The van der Waals surface area contributed by atoms with E-state index >= 15 is 17.9 Å². The van der Waals surface area contributed by atoms with Gasteiger partial charge >= 0.3 is 0 Å². The Morgan fingerprint density at radius 3 is 0.875 bits per heavy atom. The first-order chi connectivity index (χ1) is 19.4. The Bertz CT molecular complexity index is 1510. The van der Waals surface area contributed by atoms with E-state index < -0.39 is 48.0 Å². The van der Waals surface area contributed by atoms with Gasteiger partial charge in [-0.25, -0.2) is 8.78 Å². The van der Waals surface area contributed by atoms with Gasteiger partial charge in [-0.05, 0) is 0 Å². The third-order valence-electron chi connectivity index (χ3n) is 6.76. The Morgan fingerprint density at radius 1 is 0.450 bits per heavy atom. The molecule has 0 aliphatic rings. The molecule has 0 atom stereocenters. The van der Waals surface area contributed by atoms with Gasteiger partial charge in [-0.1, -0.05) is 121 Å². The van der Waals surface area contributed by atoms with Crippen molar-refractivity contribution in [3.8, 4) is 11.5 Å². The van der Waals surface area contributed by atoms with Crippen LogP contribution in [0.1, 0.15) is 0 Å². The van der Waals surface area contributed by atoms with E-state index in [1.165, 1.54) is 14.2 Å². The van der Waals surface area contributed by atoms with Crippen LogP contribution < -0.4 is 41.3 Å². The second kappa shape index (κ2) is 11.3. The van der Waals surface area contributed by atoms with Crippen molar-refractivity contribution in [3.63, 3.8) is 0 Å². The van der Waals surface area contributed by atoms with Crippen LogP contribution in [0.3, 0.4) is 0 Å². The number of hydrogen-bond acceptors (Lipinski definition) is 4. The molecule has 5 aromatic rings. The van der Waals surface area contributed by atoms with Crippen molar-refractivity contribution in [2.24, 2.45) is 0 Å². The van der Waals surface area contributed by atoms with Crippen LogP contribution in [-0.2, 0) is 9.13 Å². The summed E-state index contributed by atoms with van der Waals surface area (Å²) >= 11 is 0. The predicted octanol–water partition coefficient (Wildman–Crippen LogP) is 5.26. The van der Waals surface area contributed by atoms with Crippen molar-refractivity contribution >= 4 is 46.1 Å². The van der Waals surface area contributed by atoms with E-state index in [9.17, 15) is 0 Å². The Labute approximate surface area is 232 Å². The second-order valence-corrected chi connectivity index (χ2v) is 14.3. The first kappa shape index (κ1) is 27.6. The summed E-state index contributed by atoms with van der Waals surface area (Å²) in [4.78, 5) is 0. The average molecular weight is 575 g/mol. The second-order valence-electron chi connectivity index (χ2n) is 8.95. The van der Waals surface area contributed by atoms with E-state index in [-0.39, 0.29) is 21.2 Å². The molecule has 202 valence electrons. The molecule has 0 radical (unpaired) electrons. The smallest absolute Gasteiger partial charge is 0.181 e. The molecule has 0 saturated carbocycles. The molecular formula is C32H26F2O4P2. The summed E-state index contributed by atoms with van der Waals surface area (Å²) in [6.07, 6.45) is 0. The third-order valence-corrected chi connectivity index (χ3v) is 12.9.